The van der Waals surface area contributed by atoms with Crippen LogP contribution in [-0.2, 0) is 0 Å². The van der Waals surface area contributed by atoms with Gasteiger partial charge in [0.05, 0.1) is 0 Å². The van der Waals surface area contributed by atoms with Crippen molar-refractivity contribution in [1.82, 2.24) is 0 Å². The summed E-state index contributed by atoms with van der Waals surface area (Å²) in [5, 5.41) is 7.61. The summed E-state index contributed by atoms with van der Waals surface area (Å²) in [5.74, 6) is 0. The van der Waals surface area contributed by atoms with E-state index in [1.165, 1.54) is 93.5 Å². The smallest absolute Gasteiger partial charge is 0.00263 e. The molecule has 0 saturated heterocycles. The molecule has 0 aromatic heterocycles. The molecule has 248 valence electrons. The third-order valence-corrected chi connectivity index (χ3v) is 9.85. The molecular weight excluding hydrogens is 613 g/mol. The Morgan fingerprint density at radius 3 is 1.41 bits per heavy atom. The molecule has 0 amide bonds. The van der Waals surface area contributed by atoms with Gasteiger partial charge in [0.2, 0.25) is 0 Å². The van der Waals surface area contributed by atoms with E-state index in [1.54, 1.807) is 0 Å². The molecule has 0 N–H and O–H groups in total. The van der Waals surface area contributed by atoms with Gasteiger partial charge in [0.25, 0.3) is 0 Å². The highest BCUT2D eigenvalue weighted by Crippen LogP contribution is 2.44. The van der Waals surface area contributed by atoms with Crippen LogP contribution in [0, 0.1) is 20.8 Å². The second kappa shape index (κ2) is 14.9. The lowest BCUT2D eigenvalue weighted by molar-refractivity contribution is 1.45. The summed E-state index contributed by atoms with van der Waals surface area (Å²) in [6.45, 7) is 10.6. The molecule has 0 spiro atoms. The highest BCUT2D eigenvalue weighted by molar-refractivity contribution is 6.21. The molecule has 0 aliphatic heterocycles. The Bertz CT molecular complexity index is 2510. The molecule has 8 aromatic rings. The van der Waals surface area contributed by atoms with Crippen LogP contribution in [-0.4, -0.2) is 0 Å². The molecule has 0 radical (unpaired) electrons. The number of aryl methyl sites for hydroxylation is 3. The van der Waals surface area contributed by atoms with Gasteiger partial charge in [-0.1, -0.05) is 189 Å². The van der Waals surface area contributed by atoms with Crippen molar-refractivity contribution in [3.63, 3.8) is 0 Å². The second-order valence-electron chi connectivity index (χ2n) is 13.1. The molecule has 0 aliphatic carbocycles. The van der Waals surface area contributed by atoms with Gasteiger partial charge in [0.1, 0.15) is 0 Å². The molecule has 0 unspecified atom stereocenters. The zero-order chi connectivity index (χ0) is 35.3. The molecule has 0 heteroatoms. The third-order valence-electron chi connectivity index (χ3n) is 9.85. The van der Waals surface area contributed by atoms with E-state index in [4.69, 9.17) is 0 Å². The van der Waals surface area contributed by atoms with Crippen LogP contribution in [0.2, 0.25) is 0 Å². The molecule has 8 rings (SSSR count). The van der Waals surface area contributed by atoms with Crippen LogP contribution in [0.4, 0.5) is 0 Å². The van der Waals surface area contributed by atoms with Crippen LogP contribution in [0.3, 0.4) is 0 Å². The van der Waals surface area contributed by atoms with E-state index < -0.39 is 0 Å². The van der Waals surface area contributed by atoms with Crippen molar-refractivity contribution in [2.45, 2.75) is 34.6 Å². The Hall–Kier alpha value is -5.98. The Morgan fingerprint density at radius 2 is 0.765 bits per heavy atom. The van der Waals surface area contributed by atoms with E-state index in [1.807, 2.05) is 13.8 Å². The molecule has 0 fully saturated rings. The fourth-order valence-corrected chi connectivity index (χ4v) is 7.37. The monoisotopic (exact) mass is 656 g/mol. The summed E-state index contributed by atoms with van der Waals surface area (Å²) in [5.41, 5.74) is 13.7. The maximum absolute atomic E-state index is 2.37. The summed E-state index contributed by atoms with van der Waals surface area (Å²) in [7, 11) is 0. The van der Waals surface area contributed by atoms with Crippen LogP contribution >= 0.6 is 0 Å². The minimum Gasteiger partial charge on any atom is -0.0683 e. The highest BCUT2D eigenvalue weighted by Gasteiger charge is 2.17. The SMILES string of the molecule is CC.Cc1ccccc(C)c(-c2ccc(-c3c4ccccc4c(-c4ccc(-c5ccc6ccccc6c5)c(C)c4)c4ccccc34)cc2)ccc1. The van der Waals surface area contributed by atoms with Crippen LogP contribution < -0.4 is 0 Å². The molecule has 8 aromatic carbocycles. The number of benzene rings is 7. The van der Waals surface area contributed by atoms with Gasteiger partial charge in [-0.15, -0.1) is 0 Å². The first kappa shape index (κ1) is 33.5. The fraction of sp³-hybridized carbons (Fsp3) is 0.0980. The largest absolute Gasteiger partial charge is 0.0683 e. The van der Waals surface area contributed by atoms with Gasteiger partial charge < -0.3 is 0 Å². The zero-order valence-electron chi connectivity index (χ0n) is 30.2. The Labute approximate surface area is 303 Å². The molecule has 0 saturated carbocycles. The predicted molar refractivity (Wildman–Crippen MR) is 224 cm³/mol. The maximum atomic E-state index is 2.37. The van der Waals surface area contributed by atoms with Gasteiger partial charge in [-0.2, -0.15) is 0 Å². The first-order valence-corrected chi connectivity index (χ1v) is 18.1. The molecular formula is C51H44. The topological polar surface area (TPSA) is 0 Å². The third kappa shape index (κ3) is 6.66. The van der Waals surface area contributed by atoms with Gasteiger partial charge in [0, 0.05) is 0 Å². The van der Waals surface area contributed by atoms with Crippen molar-refractivity contribution in [2.75, 3.05) is 0 Å². The van der Waals surface area contributed by atoms with E-state index in [2.05, 4.69) is 197 Å². The summed E-state index contributed by atoms with van der Waals surface area (Å²) in [6, 6.07) is 64.4. The average Bonchev–Trinajstić information content (AvgIpc) is 3.18. The number of fused-ring (bicyclic) bond motifs is 3. The summed E-state index contributed by atoms with van der Waals surface area (Å²) >= 11 is 0. The van der Waals surface area contributed by atoms with Gasteiger partial charge in [-0.25, -0.2) is 0 Å². The van der Waals surface area contributed by atoms with Gasteiger partial charge in [-0.05, 0) is 115 Å². The van der Waals surface area contributed by atoms with Crippen molar-refractivity contribution >= 4 is 32.3 Å². The van der Waals surface area contributed by atoms with E-state index >= 15 is 0 Å². The van der Waals surface area contributed by atoms with Crippen molar-refractivity contribution in [1.29, 1.82) is 0 Å². The quantitative estimate of drug-likeness (QED) is 0.165. The molecule has 51 heavy (non-hydrogen) atoms. The van der Waals surface area contributed by atoms with Gasteiger partial charge >= 0.3 is 0 Å². The fourth-order valence-electron chi connectivity index (χ4n) is 7.37. The van der Waals surface area contributed by atoms with E-state index in [-0.39, 0.29) is 0 Å². The van der Waals surface area contributed by atoms with Crippen molar-refractivity contribution in [3.8, 4) is 44.5 Å². The summed E-state index contributed by atoms with van der Waals surface area (Å²) in [4.78, 5) is 0. The molecule has 0 heterocycles. The standard InChI is InChI=1S/C49H38.C2H6/c1-33-13-4-5-15-34(2)42(22-12-14-33)37-24-26-38(27-25-37)48-44-18-8-10-20-46(44)49(47-21-11-9-19-45(47)48)41-29-30-43(35(3)31-41)40-28-23-36-16-6-7-17-39(36)32-40;1-2/h4-32H,1-3H3;1-2H3. The number of rotatable bonds is 4. The second-order valence-corrected chi connectivity index (χ2v) is 13.1. The molecule has 0 aliphatic rings. The van der Waals surface area contributed by atoms with Crippen LogP contribution in [0.25, 0.3) is 76.8 Å². The minimum atomic E-state index is 1.21. The summed E-state index contributed by atoms with van der Waals surface area (Å²) < 4.78 is 0. The van der Waals surface area contributed by atoms with E-state index in [0.29, 0.717) is 0 Å². The highest BCUT2D eigenvalue weighted by atomic mass is 14.2. The normalized spacial score (nSPS) is 10.8. The Morgan fingerprint density at radius 1 is 0.294 bits per heavy atom. The lowest BCUT2D eigenvalue weighted by atomic mass is 9.85. The van der Waals surface area contributed by atoms with Crippen LogP contribution in [0.15, 0.2) is 176 Å². The maximum Gasteiger partial charge on any atom is -0.00263 e. The predicted octanol–water partition coefficient (Wildman–Crippen LogP) is 14.9. The van der Waals surface area contributed by atoms with Crippen LogP contribution in [0.1, 0.15) is 30.5 Å². The van der Waals surface area contributed by atoms with Gasteiger partial charge in [-0.3, -0.25) is 0 Å². The van der Waals surface area contributed by atoms with E-state index in [9.17, 15) is 0 Å². The van der Waals surface area contributed by atoms with Crippen molar-refractivity contribution < 1.29 is 0 Å². The molecule has 0 bridgehead atoms. The molecule has 0 nitrogen and oxygen atoms in total. The van der Waals surface area contributed by atoms with Crippen LogP contribution in [0.5, 0.6) is 0 Å². The van der Waals surface area contributed by atoms with E-state index in [0.717, 1.165) is 0 Å². The Kier molecular flexibility index (Phi) is 9.77. The number of hydrogen-bond donors (Lipinski definition) is 0. The zero-order valence-corrected chi connectivity index (χ0v) is 30.2. The average molecular weight is 657 g/mol. The van der Waals surface area contributed by atoms with Gasteiger partial charge in [0.15, 0.2) is 0 Å². The minimum absolute atomic E-state index is 1.21. The molecule has 0 atom stereocenters. The lowest BCUT2D eigenvalue weighted by Crippen LogP contribution is -1.92. The first-order chi connectivity index (χ1) is 25.0. The first-order valence-electron chi connectivity index (χ1n) is 18.1. The van der Waals surface area contributed by atoms with Crippen molar-refractivity contribution in [2.24, 2.45) is 0 Å². The Balaban J connectivity index is 0.00000200. The van der Waals surface area contributed by atoms with Crippen molar-refractivity contribution in [3.05, 3.63) is 193 Å². The summed E-state index contributed by atoms with van der Waals surface area (Å²) in [6.07, 6.45) is 0. The number of hydrogen-bond acceptors (Lipinski definition) is 0. The lowest BCUT2D eigenvalue weighted by Gasteiger charge is -2.19.